The molecule has 0 aromatic heterocycles. The van der Waals surface area contributed by atoms with Crippen LogP contribution in [0.1, 0.15) is 71.6 Å². The molecule has 6 rings (SSSR count). The van der Waals surface area contributed by atoms with Gasteiger partial charge in [-0.25, -0.2) is 4.79 Å². The van der Waals surface area contributed by atoms with Crippen LogP contribution in [0.5, 0.6) is 0 Å². The van der Waals surface area contributed by atoms with Gasteiger partial charge in [0.25, 0.3) is 0 Å². The fourth-order valence-electron chi connectivity index (χ4n) is 9.84. The zero-order valence-corrected chi connectivity index (χ0v) is 22.5. The fourth-order valence-corrected chi connectivity index (χ4v) is 9.84. The number of hydrogen-bond acceptors (Lipinski definition) is 9. The second-order valence-corrected chi connectivity index (χ2v) is 13.5. The molecule has 4 aliphatic carbocycles. The Hall–Kier alpha value is -1.07. The molecule has 0 unspecified atom stereocenters. The van der Waals surface area contributed by atoms with Crippen molar-refractivity contribution in [3.63, 3.8) is 0 Å². The van der Waals surface area contributed by atoms with Crippen molar-refractivity contribution in [2.75, 3.05) is 13.2 Å². The maximum atomic E-state index is 12.4. The Labute approximate surface area is 224 Å². The van der Waals surface area contributed by atoms with E-state index in [0.29, 0.717) is 18.4 Å². The Morgan fingerprint density at radius 3 is 2.47 bits per heavy atom. The lowest BCUT2D eigenvalue weighted by molar-refractivity contribution is -0.317. The predicted octanol–water partition coefficient (Wildman–Crippen LogP) is 1.43. The van der Waals surface area contributed by atoms with E-state index in [9.17, 15) is 30.3 Å². The number of hydrogen-bond donors (Lipinski definition) is 5. The summed E-state index contributed by atoms with van der Waals surface area (Å²) in [6.07, 6.45) is 3.42. The number of rotatable bonds is 4. The van der Waals surface area contributed by atoms with Crippen molar-refractivity contribution in [1.82, 2.24) is 0 Å². The lowest BCUT2D eigenvalue weighted by Gasteiger charge is -2.63. The van der Waals surface area contributed by atoms with Crippen LogP contribution in [-0.2, 0) is 19.0 Å². The molecule has 13 atom stereocenters. The standard InChI is InChI=1S/C29H44O9/c1-27-9-5-16(37-26-24(33)23(32)22(31)21(14-30)38-26)13-15(27)3-4-20-19(27)6-10-28(2)18(7-11-29(20,28)35)17-8-12-36-25(17)34/h8,15-16,18-24,26,30-33,35H,3-7,9-14H2,1-2H3/t15-,16+,18-,19+,20-,21+,22-,23-,24-,26+,27+,28-,29-/m1/s1. The molecule has 4 saturated carbocycles. The number of aliphatic hydroxyl groups excluding tert-OH is 4. The van der Waals surface area contributed by atoms with E-state index in [0.717, 1.165) is 63.4 Å². The highest BCUT2D eigenvalue weighted by Gasteiger charge is 2.68. The largest absolute Gasteiger partial charge is 0.458 e. The Kier molecular flexibility index (Phi) is 6.78. The number of cyclic esters (lactones) is 1. The summed E-state index contributed by atoms with van der Waals surface area (Å²) in [6, 6.07) is 0. The third-order valence-electron chi connectivity index (χ3n) is 12.1. The van der Waals surface area contributed by atoms with Gasteiger partial charge in [0, 0.05) is 11.0 Å². The molecular weight excluding hydrogens is 492 g/mol. The van der Waals surface area contributed by atoms with E-state index in [1.54, 1.807) is 0 Å². The van der Waals surface area contributed by atoms with Gasteiger partial charge in [-0.2, -0.15) is 0 Å². The molecule has 0 aromatic carbocycles. The smallest absolute Gasteiger partial charge is 0.334 e. The molecule has 2 aliphatic heterocycles. The van der Waals surface area contributed by atoms with E-state index in [-0.39, 0.29) is 34.7 Å². The molecular formula is C29H44O9. The van der Waals surface area contributed by atoms with Crippen molar-refractivity contribution < 1.29 is 44.5 Å². The molecule has 9 nitrogen and oxygen atoms in total. The fraction of sp³-hybridized carbons (Fsp3) is 0.897. The summed E-state index contributed by atoms with van der Waals surface area (Å²) in [7, 11) is 0. The van der Waals surface area contributed by atoms with Crippen LogP contribution in [0.25, 0.3) is 0 Å². The van der Waals surface area contributed by atoms with Crippen molar-refractivity contribution in [2.45, 2.75) is 114 Å². The zero-order valence-electron chi connectivity index (χ0n) is 22.5. The summed E-state index contributed by atoms with van der Waals surface area (Å²) in [4.78, 5) is 12.4. The molecule has 0 spiro atoms. The monoisotopic (exact) mass is 536 g/mol. The topological polar surface area (TPSA) is 146 Å². The van der Waals surface area contributed by atoms with Gasteiger partial charge in [0.1, 0.15) is 31.0 Å². The van der Waals surface area contributed by atoms with Crippen molar-refractivity contribution in [2.24, 2.45) is 34.5 Å². The lowest BCUT2D eigenvalue weighted by atomic mass is 9.43. The van der Waals surface area contributed by atoms with E-state index in [2.05, 4.69) is 13.8 Å². The third kappa shape index (κ3) is 3.80. The van der Waals surface area contributed by atoms with Gasteiger partial charge < -0.3 is 39.7 Å². The molecule has 5 N–H and O–H groups in total. The Balaban J connectivity index is 1.16. The SMILES string of the molecule is C[C@]12CC[C@H](O[C@H]3O[C@@H](CO)[C@@H](O)[C@@H](O)[C@H]3O)C[C@H]1CC[C@@H]1[C@@H]2CC[C@]2(C)[C@@H](C3=CCOC3=O)CC[C@@]12O. The first kappa shape index (κ1) is 27.1. The van der Waals surface area contributed by atoms with Gasteiger partial charge in [-0.15, -0.1) is 0 Å². The molecule has 214 valence electrons. The molecule has 5 fully saturated rings. The number of ether oxygens (including phenoxy) is 3. The van der Waals surface area contributed by atoms with Gasteiger partial charge in [0.05, 0.1) is 18.3 Å². The molecule has 2 heterocycles. The zero-order chi connectivity index (χ0) is 27.0. The van der Waals surface area contributed by atoms with Crippen LogP contribution >= 0.6 is 0 Å². The van der Waals surface area contributed by atoms with E-state index >= 15 is 0 Å². The first-order chi connectivity index (χ1) is 18.0. The maximum absolute atomic E-state index is 12.4. The van der Waals surface area contributed by atoms with Crippen LogP contribution in [-0.4, -0.2) is 87.1 Å². The van der Waals surface area contributed by atoms with Crippen LogP contribution in [0.4, 0.5) is 0 Å². The van der Waals surface area contributed by atoms with Gasteiger partial charge in [-0.1, -0.05) is 13.8 Å². The summed E-state index contributed by atoms with van der Waals surface area (Å²) >= 11 is 0. The Bertz CT molecular complexity index is 968. The average Bonchev–Trinajstić information content (AvgIpc) is 3.43. The molecule has 1 saturated heterocycles. The average molecular weight is 537 g/mol. The van der Waals surface area contributed by atoms with Gasteiger partial charge in [0.15, 0.2) is 6.29 Å². The summed E-state index contributed by atoms with van der Waals surface area (Å²) in [6.45, 7) is 4.46. The summed E-state index contributed by atoms with van der Waals surface area (Å²) in [5.41, 5.74) is -0.274. The first-order valence-corrected chi connectivity index (χ1v) is 14.6. The Morgan fingerprint density at radius 2 is 1.76 bits per heavy atom. The molecule has 6 aliphatic rings. The number of aliphatic hydroxyl groups is 5. The van der Waals surface area contributed by atoms with Crippen LogP contribution < -0.4 is 0 Å². The molecule has 0 aromatic rings. The molecule has 0 radical (unpaired) electrons. The van der Waals surface area contributed by atoms with E-state index in [1.807, 2.05) is 6.08 Å². The number of fused-ring (bicyclic) bond motifs is 5. The van der Waals surface area contributed by atoms with Gasteiger partial charge in [-0.05, 0) is 93.0 Å². The van der Waals surface area contributed by atoms with Crippen LogP contribution in [0.2, 0.25) is 0 Å². The minimum atomic E-state index is -1.44. The Morgan fingerprint density at radius 1 is 0.974 bits per heavy atom. The highest BCUT2D eigenvalue weighted by molar-refractivity contribution is 5.91. The third-order valence-corrected chi connectivity index (χ3v) is 12.1. The minimum Gasteiger partial charge on any atom is -0.458 e. The summed E-state index contributed by atoms with van der Waals surface area (Å²) < 4.78 is 17.0. The van der Waals surface area contributed by atoms with Crippen molar-refractivity contribution in [3.05, 3.63) is 11.6 Å². The summed E-state index contributed by atoms with van der Waals surface area (Å²) in [5, 5.41) is 52.5. The quantitative estimate of drug-likeness (QED) is 0.266. The molecule has 0 amide bonds. The highest BCUT2D eigenvalue weighted by Crippen LogP contribution is 2.70. The second kappa shape index (κ2) is 9.50. The predicted molar refractivity (Wildman–Crippen MR) is 134 cm³/mol. The second-order valence-electron chi connectivity index (χ2n) is 13.5. The van der Waals surface area contributed by atoms with Gasteiger partial charge in [-0.3, -0.25) is 0 Å². The van der Waals surface area contributed by atoms with Crippen molar-refractivity contribution in [3.8, 4) is 0 Å². The number of carbonyl (C=O) groups is 1. The van der Waals surface area contributed by atoms with E-state index in [4.69, 9.17) is 14.2 Å². The van der Waals surface area contributed by atoms with Crippen LogP contribution in [0.15, 0.2) is 11.6 Å². The van der Waals surface area contributed by atoms with Crippen molar-refractivity contribution in [1.29, 1.82) is 0 Å². The highest BCUT2D eigenvalue weighted by atomic mass is 16.7. The van der Waals surface area contributed by atoms with Crippen LogP contribution in [0.3, 0.4) is 0 Å². The lowest BCUT2D eigenvalue weighted by Crippen LogP contribution is -2.63. The molecule has 38 heavy (non-hydrogen) atoms. The first-order valence-electron chi connectivity index (χ1n) is 14.6. The maximum Gasteiger partial charge on any atom is 0.334 e. The normalized spacial score (nSPS) is 54.5. The molecule has 0 bridgehead atoms. The van der Waals surface area contributed by atoms with Crippen molar-refractivity contribution >= 4 is 5.97 Å². The molecule has 9 heteroatoms. The van der Waals surface area contributed by atoms with Crippen LogP contribution in [0, 0.1) is 34.5 Å². The van der Waals surface area contributed by atoms with Gasteiger partial charge in [0.2, 0.25) is 0 Å². The number of carbonyl (C=O) groups excluding carboxylic acids is 1. The van der Waals surface area contributed by atoms with E-state index in [1.165, 1.54) is 0 Å². The van der Waals surface area contributed by atoms with E-state index < -0.39 is 42.9 Å². The summed E-state index contributed by atoms with van der Waals surface area (Å²) in [5.74, 6) is 0.849. The minimum absolute atomic E-state index is 0.0525. The van der Waals surface area contributed by atoms with Gasteiger partial charge >= 0.3 is 5.97 Å². The number of esters is 1.